The minimum Gasteiger partial charge on any atom is -0.481 e. The van der Waals surface area contributed by atoms with Crippen molar-refractivity contribution in [2.45, 2.75) is 146 Å². The SMILES string of the molecule is CC(C)CC(NC(=O)C(CCCCN)NC(=O)C(CCC(N)=O)NC(=O)C(CC(=O)O)NC(=O)C(CCCN=C(N)N)NC(=O)C(N)CCC(=O)O)C(=O)NC(CO)C(=O)NC(CCC(=O)O)C(=O)O. The van der Waals surface area contributed by atoms with Gasteiger partial charge < -0.3 is 91.4 Å². The number of carbonyl (C=O) groups is 12. The minimum atomic E-state index is -1.96. The van der Waals surface area contributed by atoms with Gasteiger partial charge in [-0.1, -0.05) is 13.8 Å². The Bertz CT molecular complexity index is 1860. The van der Waals surface area contributed by atoms with Gasteiger partial charge in [-0.05, 0) is 70.3 Å². The van der Waals surface area contributed by atoms with Crippen LogP contribution in [0.4, 0.5) is 0 Å². The van der Waals surface area contributed by atoms with Crippen molar-refractivity contribution in [1.82, 2.24) is 37.2 Å². The summed E-state index contributed by atoms with van der Waals surface area (Å²) in [6, 6.07) is -13.1. The summed E-state index contributed by atoms with van der Waals surface area (Å²) in [5.41, 5.74) is 27.4. The Morgan fingerprint density at radius 2 is 0.900 bits per heavy atom. The summed E-state index contributed by atoms with van der Waals surface area (Å²) in [6.45, 7) is 2.39. The molecule has 0 radical (unpaired) electrons. The lowest BCUT2D eigenvalue weighted by molar-refractivity contribution is -0.144. The van der Waals surface area contributed by atoms with Gasteiger partial charge in [0.1, 0.15) is 42.3 Å². The standard InChI is InChI=1S/C40H69N13O17/c1-19(2)16-25(36(66)53-27(18-54)38(68)50-24(39(69)70)10-13-30(58)59)51-33(63)21(6-3-4-14-41)48-35(65)23(9-11-28(43)55)49-37(67)26(17-31(60)61)52-34(64)22(7-5-15-46-40(44)45)47-32(62)20(42)8-12-29(56)57/h19-27,54H,3-18,41-42H2,1-2H3,(H2,43,55)(H,47,62)(H,48,65)(H,49,67)(H,50,68)(H,51,63)(H,52,64)(H,53,66)(H,56,57)(H,58,59)(H,60,61)(H,69,70)(H4,44,45,46). The topological polar surface area (TPSA) is 533 Å². The van der Waals surface area contributed by atoms with Gasteiger partial charge in [0.2, 0.25) is 47.3 Å². The summed E-state index contributed by atoms with van der Waals surface area (Å²) in [6.07, 6.45) is -4.02. The number of carboxylic acid groups (broad SMARTS) is 4. The molecule has 30 heteroatoms. The van der Waals surface area contributed by atoms with Gasteiger partial charge in [-0.15, -0.1) is 0 Å². The Morgan fingerprint density at radius 3 is 1.37 bits per heavy atom. The second-order valence-corrected chi connectivity index (χ2v) is 16.4. The molecule has 0 bridgehead atoms. The molecule has 0 saturated heterocycles. The average molecular weight is 1000 g/mol. The molecule has 30 nitrogen and oxygen atoms in total. The number of nitrogens with zero attached hydrogens (tertiary/aromatic N) is 1. The monoisotopic (exact) mass is 1000 g/mol. The third kappa shape index (κ3) is 27.0. The molecule has 8 amide bonds. The van der Waals surface area contributed by atoms with E-state index in [4.69, 9.17) is 38.9 Å². The number of rotatable bonds is 37. The number of aliphatic hydroxyl groups is 1. The van der Waals surface area contributed by atoms with Crippen molar-refractivity contribution in [3.63, 3.8) is 0 Å². The molecule has 0 aliphatic carbocycles. The Labute approximate surface area is 401 Å². The van der Waals surface area contributed by atoms with Crippen LogP contribution in [0.2, 0.25) is 0 Å². The molecule has 396 valence electrons. The molecule has 0 aromatic carbocycles. The van der Waals surface area contributed by atoms with Gasteiger partial charge in [-0.25, -0.2) is 4.79 Å². The highest BCUT2D eigenvalue weighted by Crippen LogP contribution is 2.11. The van der Waals surface area contributed by atoms with Crippen molar-refractivity contribution in [3.05, 3.63) is 0 Å². The number of amides is 8. The van der Waals surface area contributed by atoms with E-state index in [0.717, 1.165) is 0 Å². The lowest BCUT2D eigenvalue weighted by atomic mass is 10.0. The second-order valence-electron chi connectivity index (χ2n) is 16.4. The van der Waals surface area contributed by atoms with Crippen molar-refractivity contribution < 1.29 is 83.1 Å². The van der Waals surface area contributed by atoms with Crippen LogP contribution < -0.4 is 65.9 Å². The van der Waals surface area contributed by atoms with E-state index in [1.165, 1.54) is 0 Å². The maximum atomic E-state index is 13.9. The number of nitrogens with one attached hydrogen (secondary N) is 7. The van der Waals surface area contributed by atoms with E-state index in [1.807, 2.05) is 5.32 Å². The van der Waals surface area contributed by atoms with Crippen molar-refractivity contribution in [2.75, 3.05) is 19.7 Å². The number of hydrogen-bond donors (Lipinski definition) is 17. The Morgan fingerprint density at radius 1 is 0.486 bits per heavy atom. The summed E-state index contributed by atoms with van der Waals surface area (Å²) >= 11 is 0. The van der Waals surface area contributed by atoms with Crippen LogP contribution in [0.5, 0.6) is 0 Å². The van der Waals surface area contributed by atoms with Crippen LogP contribution in [0.15, 0.2) is 4.99 Å². The largest absolute Gasteiger partial charge is 0.481 e. The molecule has 22 N–H and O–H groups in total. The van der Waals surface area contributed by atoms with E-state index in [-0.39, 0.29) is 63.5 Å². The molecule has 8 atom stereocenters. The van der Waals surface area contributed by atoms with Gasteiger partial charge in [-0.2, -0.15) is 0 Å². The number of aliphatic hydroxyl groups excluding tert-OH is 1. The van der Waals surface area contributed by atoms with Crippen LogP contribution in [-0.2, 0) is 57.5 Å². The van der Waals surface area contributed by atoms with E-state index in [0.29, 0.717) is 6.42 Å². The van der Waals surface area contributed by atoms with Gasteiger partial charge >= 0.3 is 23.9 Å². The molecular formula is C40H69N13O17. The summed E-state index contributed by atoms with van der Waals surface area (Å²) in [4.78, 5) is 156. The number of nitrogens with two attached hydrogens (primary N) is 5. The summed E-state index contributed by atoms with van der Waals surface area (Å²) in [5.74, 6) is -15.1. The van der Waals surface area contributed by atoms with E-state index < -0.39 is 165 Å². The highest BCUT2D eigenvalue weighted by molar-refractivity contribution is 5.98. The zero-order valence-electron chi connectivity index (χ0n) is 39.0. The molecule has 0 aromatic rings. The molecule has 70 heavy (non-hydrogen) atoms. The number of unbranched alkanes of at least 4 members (excludes halogenated alkanes) is 1. The highest BCUT2D eigenvalue weighted by Gasteiger charge is 2.35. The minimum absolute atomic E-state index is 0.0432. The average Bonchev–Trinajstić information content (AvgIpc) is 3.26. The molecule has 0 heterocycles. The molecule has 0 aliphatic rings. The summed E-state index contributed by atoms with van der Waals surface area (Å²) < 4.78 is 0. The maximum Gasteiger partial charge on any atom is 0.326 e. The molecule has 0 spiro atoms. The number of carboxylic acids is 4. The lowest BCUT2D eigenvalue weighted by Gasteiger charge is -2.28. The Balaban J connectivity index is 6.65. The first-order chi connectivity index (χ1) is 32.7. The molecule has 0 aromatic heterocycles. The number of carbonyl (C=O) groups excluding carboxylic acids is 8. The van der Waals surface area contributed by atoms with Crippen LogP contribution in [0.1, 0.15) is 97.3 Å². The zero-order valence-corrected chi connectivity index (χ0v) is 39.0. The molecule has 0 fully saturated rings. The van der Waals surface area contributed by atoms with Gasteiger partial charge in [0.25, 0.3) is 0 Å². The van der Waals surface area contributed by atoms with E-state index >= 15 is 0 Å². The quantitative estimate of drug-likeness (QED) is 0.0156. The van der Waals surface area contributed by atoms with Gasteiger partial charge in [0.05, 0.1) is 19.1 Å². The first-order valence-corrected chi connectivity index (χ1v) is 22.1. The van der Waals surface area contributed by atoms with E-state index in [9.17, 15) is 72.9 Å². The fourth-order valence-corrected chi connectivity index (χ4v) is 6.22. The third-order valence-electron chi connectivity index (χ3n) is 9.91. The predicted octanol–water partition coefficient (Wildman–Crippen LogP) is -6.52. The van der Waals surface area contributed by atoms with Gasteiger partial charge in [-0.3, -0.25) is 57.7 Å². The van der Waals surface area contributed by atoms with Crippen molar-refractivity contribution in [1.29, 1.82) is 0 Å². The molecule has 0 rings (SSSR count). The van der Waals surface area contributed by atoms with Crippen LogP contribution in [0, 0.1) is 5.92 Å². The molecule has 8 unspecified atom stereocenters. The lowest BCUT2D eigenvalue weighted by Crippen LogP contribution is -2.60. The van der Waals surface area contributed by atoms with Gasteiger partial charge in [0.15, 0.2) is 5.96 Å². The number of primary amides is 1. The van der Waals surface area contributed by atoms with Crippen LogP contribution in [0.25, 0.3) is 0 Å². The van der Waals surface area contributed by atoms with Crippen LogP contribution >= 0.6 is 0 Å². The fourth-order valence-electron chi connectivity index (χ4n) is 6.22. The summed E-state index contributed by atoms with van der Waals surface area (Å²) in [7, 11) is 0. The van der Waals surface area contributed by atoms with Crippen molar-refractivity contribution in [2.24, 2.45) is 39.6 Å². The predicted molar refractivity (Wildman–Crippen MR) is 243 cm³/mol. The normalized spacial score (nSPS) is 14.3. The Hall–Kier alpha value is -7.21. The first kappa shape index (κ1) is 62.8. The number of guanidine groups is 1. The zero-order chi connectivity index (χ0) is 53.7. The fraction of sp³-hybridized carbons (Fsp3) is 0.675. The van der Waals surface area contributed by atoms with Crippen molar-refractivity contribution in [3.8, 4) is 0 Å². The van der Waals surface area contributed by atoms with E-state index in [1.54, 1.807) is 13.8 Å². The number of hydrogen-bond acceptors (Lipinski definition) is 16. The third-order valence-corrected chi connectivity index (χ3v) is 9.91. The van der Waals surface area contributed by atoms with E-state index in [2.05, 4.69) is 36.9 Å². The molecular weight excluding hydrogens is 935 g/mol. The molecule has 0 aliphatic heterocycles. The smallest absolute Gasteiger partial charge is 0.326 e. The highest BCUT2D eigenvalue weighted by atomic mass is 16.4. The first-order valence-electron chi connectivity index (χ1n) is 22.1. The summed E-state index contributed by atoms with van der Waals surface area (Å²) in [5, 5.41) is 62.9. The molecule has 0 saturated carbocycles. The maximum absolute atomic E-state index is 13.9. The van der Waals surface area contributed by atoms with Crippen molar-refractivity contribution >= 4 is 77.1 Å². The second kappa shape index (κ2) is 33.3. The van der Waals surface area contributed by atoms with Gasteiger partial charge in [0, 0.05) is 25.8 Å². The van der Waals surface area contributed by atoms with Crippen LogP contribution in [0.3, 0.4) is 0 Å². The Kier molecular flexibility index (Phi) is 29.9. The number of aliphatic carboxylic acids is 4. The van der Waals surface area contributed by atoms with Crippen LogP contribution in [-0.4, -0.2) is 171 Å². The number of aliphatic imine (C=N–C) groups is 1.